The Labute approximate surface area is 194 Å². The fraction of sp³-hybridized carbons (Fsp3) is 0.429. The van der Waals surface area contributed by atoms with Gasteiger partial charge in [-0.15, -0.1) is 0 Å². The summed E-state index contributed by atoms with van der Waals surface area (Å²) in [6.45, 7) is -1.81. The largest absolute Gasteiger partial charge is 0.609 e. The average molecular weight is 488 g/mol. The van der Waals surface area contributed by atoms with Crippen molar-refractivity contribution >= 4 is 22.2 Å². The Bertz CT molecular complexity index is 1030. The summed E-state index contributed by atoms with van der Waals surface area (Å²) in [4.78, 5) is 11.3. The number of likely N-dealkylation sites (N-methyl/N-ethyl adjacent to an activating group) is 1. The van der Waals surface area contributed by atoms with E-state index < -0.39 is 17.8 Å². The summed E-state index contributed by atoms with van der Waals surface area (Å²) in [5.41, 5.74) is 1.38. The lowest BCUT2D eigenvalue weighted by atomic mass is 10.3. The molecule has 3 rings (SSSR count). The van der Waals surface area contributed by atoms with Gasteiger partial charge in [-0.2, -0.15) is 13.8 Å². The topological polar surface area (TPSA) is 113 Å². The molecule has 2 heterocycles. The van der Waals surface area contributed by atoms with Crippen molar-refractivity contribution in [3.05, 3.63) is 36.2 Å². The number of halogens is 2. The monoisotopic (exact) mass is 487 g/mol. The van der Waals surface area contributed by atoms with Gasteiger partial charge in [-0.1, -0.05) is 0 Å². The van der Waals surface area contributed by atoms with Gasteiger partial charge >= 0.3 is 11.8 Å². The second-order valence-corrected chi connectivity index (χ2v) is 9.19. The van der Waals surface area contributed by atoms with Gasteiger partial charge in [0, 0.05) is 29.5 Å². The van der Waals surface area contributed by atoms with Crippen LogP contribution in [0.15, 0.2) is 35.6 Å². The Kier molecular flexibility index (Phi) is 9.65. The van der Waals surface area contributed by atoms with E-state index in [1.807, 2.05) is 0 Å². The van der Waals surface area contributed by atoms with Gasteiger partial charge in [-0.3, -0.25) is 9.97 Å². The van der Waals surface area contributed by atoms with E-state index in [2.05, 4.69) is 40.8 Å². The van der Waals surface area contributed by atoms with Gasteiger partial charge in [0.1, 0.15) is 18.0 Å². The van der Waals surface area contributed by atoms with Crippen molar-refractivity contribution in [1.82, 2.24) is 15.0 Å². The zero-order chi connectivity index (χ0) is 24.6. The minimum Gasteiger partial charge on any atom is -0.609 e. The zero-order valence-electron chi connectivity index (χ0n) is 19.2. The number of aliphatic hydroxyl groups excluding tert-OH is 1. The van der Waals surface area contributed by atoms with Crippen LogP contribution in [-0.4, -0.2) is 84.2 Å². The van der Waals surface area contributed by atoms with Crippen molar-refractivity contribution in [2.24, 2.45) is 0 Å². The number of pyridine rings is 1. The molecule has 33 heavy (non-hydrogen) atoms. The smallest absolute Gasteiger partial charge is 0.387 e. The van der Waals surface area contributed by atoms with Gasteiger partial charge in [0.2, 0.25) is 0 Å². The molecule has 1 aromatic carbocycles. The number of hydrogen-bond donors (Lipinski definition) is 2. The van der Waals surface area contributed by atoms with Gasteiger partial charge in [0.15, 0.2) is 17.3 Å². The molecule has 12 heteroatoms. The van der Waals surface area contributed by atoms with Crippen LogP contribution in [-0.2, 0) is 16.9 Å². The molecule has 2 N–H and O–H groups in total. The standard InChI is InChI=1S/C16H15F2N3O4S.C5H14NO/c1-23-13-5-6-19-12(14(13)24-2)8-26(22)16-20-10-4-3-9(25-15(17)18)7-11(10)21-16;1-6(2,3)4-5-7/h3-7,15H,8H2,1-2H3,(H,20,21);7H,4-5H2,1-3H3/q;+1/t26-;/m0./s1. The molecule has 3 aromatic rings. The van der Waals surface area contributed by atoms with E-state index in [4.69, 9.17) is 14.6 Å². The highest BCUT2D eigenvalue weighted by Crippen LogP contribution is 2.31. The third-order valence-electron chi connectivity index (χ3n) is 4.28. The third-order valence-corrected chi connectivity index (χ3v) is 5.44. The molecule has 2 aromatic heterocycles. The van der Waals surface area contributed by atoms with Crippen LogP contribution in [0.2, 0.25) is 0 Å². The van der Waals surface area contributed by atoms with Gasteiger partial charge in [0.05, 0.1) is 53.0 Å². The van der Waals surface area contributed by atoms with Crippen molar-refractivity contribution < 1.29 is 37.1 Å². The van der Waals surface area contributed by atoms with E-state index in [0.717, 1.165) is 11.0 Å². The van der Waals surface area contributed by atoms with Crippen LogP contribution in [0.3, 0.4) is 0 Å². The van der Waals surface area contributed by atoms with E-state index in [1.165, 1.54) is 38.6 Å². The number of H-pyrrole nitrogens is 1. The summed E-state index contributed by atoms with van der Waals surface area (Å²) in [6.07, 6.45) is 1.53. The quantitative estimate of drug-likeness (QED) is 0.352. The summed E-state index contributed by atoms with van der Waals surface area (Å²) < 4.78 is 52.9. The number of ether oxygens (including phenoxy) is 3. The van der Waals surface area contributed by atoms with E-state index >= 15 is 0 Å². The maximum atomic E-state index is 12.6. The molecular weight excluding hydrogens is 458 g/mol. The van der Waals surface area contributed by atoms with Crippen LogP contribution in [0, 0.1) is 0 Å². The zero-order valence-corrected chi connectivity index (χ0v) is 20.0. The number of aromatic amines is 1. The van der Waals surface area contributed by atoms with Crippen molar-refractivity contribution in [2.75, 3.05) is 48.5 Å². The second kappa shape index (κ2) is 12.0. The molecule has 0 amide bonds. The number of aromatic nitrogens is 3. The Morgan fingerprint density at radius 2 is 1.91 bits per heavy atom. The molecule has 0 saturated heterocycles. The highest BCUT2D eigenvalue weighted by Gasteiger charge is 2.22. The van der Waals surface area contributed by atoms with Crippen LogP contribution in [0.5, 0.6) is 17.2 Å². The summed E-state index contributed by atoms with van der Waals surface area (Å²) in [7, 11) is 9.12. The maximum Gasteiger partial charge on any atom is 0.387 e. The minimum atomic E-state index is -2.92. The first-order valence-corrected chi connectivity index (χ1v) is 11.2. The molecule has 0 fully saturated rings. The molecule has 0 aliphatic carbocycles. The van der Waals surface area contributed by atoms with E-state index in [-0.39, 0.29) is 23.3 Å². The third kappa shape index (κ3) is 8.00. The number of fused-ring (bicyclic) bond motifs is 1. The number of benzene rings is 1. The number of quaternary nitrogens is 1. The molecular formula is C21H29F2N4O5S+. The number of nitrogens with zero attached hydrogens (tertiary/aromatic N) is 3. The first kappa shape index (κ1) is 26.6. The molecule has 9 nitrogen and oxygen atoms in total. The SMILES string of the molecule is COc1ccnc(C[S@+]([O-])c2nc3ccc(OC(F)F)cc3[nH]2)c1OC.C[N+](C)(C)CCO. The van der Waals surface area contributed by atoms with Crippen LogP contribution >= 0.6 is 0 Å². The number of rotatable bonds is 9. The highest BCUT2D eigenvalue weighted by atomic mass is 32.2. The highest BCUT2D eigenvalue weighted by molar-refractivity contribution is 7.90. The van der Waals surface area contributed by atoms with Gasteiger partial charge in [0.25, 0.3) is 0 Å². The van der Waals surface area contributed by atoms with E-state index in [9.17, 15) is 13.3 Å². The Hall–Kier alpha value is -2.67. The molecule has 0 saturated carbocycles. The predicted molar refractivity (Wildman–Crippen MR) is 120 cm³/mol. The molecule has 0 unspecified atom stereocenters. The van der Waals surface area contributed by atoms with Gasteiger partial charge in [-0.05, 0) is 12.1 Å². The fourth-order valence-corrected chi connectivity index (χ4v) is 3.71. The van der Waals surface area contributed by atoms with Crippen molar-refractivity contribution in [2.45, 2.75) is 17.5 Å². The van der Waals surface area contributed by atoms with Crippen LogP contribution in [0.25, 0.3) is 11.0 Å². The summed E-state index contributed by atoms with van der Waals surface area (Å²) in [5.74, 6) is 0.908. The first-order chi connectivity index (χ1) is 15.6. The number of aliphatic hydroxyl groups is 1. The molecule has 182 valence electrons. The Balaban J connectivity index is 0.000000479. The van der Waals surface area contributed by atoms with E-state index in [0.29, 0.717) is 28.2 Å². The van der Waals surface area contributed by atoms with Crippen LogP contribution in [0.1, 0.15) is 5.69 Å². The molecule has 1 atom stereocenters. The van der Waals surface area contributed by atoms with Crippen LogP contribution in [0.4, 0.5) is 8.78 Å². The molecule has 0 aliphatic rings. The lowest BCUT2D eigenvalue weighted by Crippen LogP contribution is -2.36. The predicted octanol–water partition coefficient (Wildman–Crippen LogP) is 2.57. The van der Waals surface area contributed by atoms with Crippen molar-refractivity contribution in [1.29, 1.82) is 0 Å². The average Bonchev–Trinajstić information content (AvgIpc) is 3.16. The lowest BCUT2D eigenvalue weighted by molar-refractivity contribution is -0.870. The number of alkyl halides is 2. The second-order valence-electron chi connectivity index (χ2n) is 7.82. The van der Waals surface area contributed by atoms with Crippen LogP contribution < -0.4 is 14.2 Å². The number of methoxy groups -OCH3 is 2. The van der Waals surface area contributed by atoms with Crippen molar-refractivity contribution in [3.63, 3.8) is 0 Å². The summed E-state index contributed by atoms with van der Waals surface area (Å²) >= 11 is -1.56. The maximum absolute atomic E-state index is 12.6. The summed E-state index contributed by atoms with van der Waals surface area (Å²) in [6, 6.07) is 5.89. The normalized spacial score (nSPS) is 12.3. The van der Waals surface area contributed by atoms with Gasteiger partial charge in [-0.25, -0.2) is 0 Å². The fourth-order valence-electron chi connectivity index (χ4n) is 2.70. The molecule has 0 spiro atoms. The summed E-state index contributed by atoms with van der Waals surface area (Å²) in [5, 5.41) is 8.58. The first-order valence-electron chi connectivity index (χ1n) is 9.88. The Morgan fingerprint density at radius 3 is 2.45 bits per heavy atom. The molecule has 0 bridgehead atoms. The number of nitrogens with one attached hydrogen (secondary N) is 1. The van der Waals surface area contributed by atoms with Gasteiger partial charge < -0.3 is 28.4 Å². The van der Waals surface area contributed by atoms with E-state index in [1.54, 1.807) is 6.07 Å². The number of hydrogen-bond acceptors (Lipinski definition) is 7. The Morgan fingerprint density at radius 1 is 1.18 bits per heavy atom. The van der Waals surface area contributed by atoms with Crippen molar-refractivity contribution in [3.8, 4) is 17.2 Å². The minimum absolute atomic E-state index is 0.00962. The number of imidazole rings is 1. The molecule has 0 radical (unpaired) electrons. The molecule has 0 aliphatic heterocycles. The lowest BCUT2D eigenvalue weighted by Gasteiger charge is -2.21.